The van der Waals surface area contributed by atoms with Crippen LogP contribution in [0.2, 0.25) is 4.34 Å². The molecule has 0 bridgehead atoms. The third kappa shape index (κ3) is 3.70. The first kappa shape index (κ1) is 16.7. The number of rotatable bonds is 2. The van der Waals surface area contributed by atoms with Crippen molar-refractivity contribution in [2.24, 2.45) is 5.92 Å². The first-order valence-electron chi connectivity index (χ1n) is 8.12. The number of amides is 2. The fraction of sp³-hybridized carbons (Fsp3) is 0.625. The molecule has 2 aliphatic heterocycles. The van der Waals surface area contributed by atoms with Gasteiger partial charge in [0.15, 0.2) is 0 Å². The molecule has 2 saturated heterocycles. The number of hydrogen-bond acceptors (Lipinski definition) is 4. The summed E-state index contributed by atoms with van der Waals surface area (Å²) in [6.07, 6.45) is 1.50. The Morgan fingerprint density at radius 3 is 2.61 bits per heavy atom. The molecule has 1 aromatic rings. The SMILES string of the molecule is C[C@@H]1CNCCN1C(=O)C1CCN(C(=O)c2ccc(Cl)s2)CC1. The topological polar surface area (TPSA) is 52.7 Å². The van der Waals surface area contributed by atoms with Crippen molar-refractivity contribution in [3.8, 4) is 0 Å². The van der Waals surface area contributed by atoms with Crippen molar-refractivity contribution in [3.05, 3.63) is 21.3 Å². The smallest absolute Gasteiger partial charge is 0.263 e. The fourth-order valence-electron chi connectivity index (χ4n) is 3.32. The van der Waals surface area contributed by atoms with Crippen LogP contribution < -0.4 is 5.32 Å². The Kier molecular flexibility index (Phi) is 5.24. The Bertz CT molecular complexity index is 584. The third-order valence-electron chi connectivity index (χ3n) is 4.70. The number of carbonyl (C=O) groups excluding carboxylic acids is 2. The van der Waals surface area contributed by atoms with E-state index in [4.69, 9.17) is 11.6 Å². The number of piperazine rings is 1. The van der Waals surface area contributed by atoms with Gasteiger partial charge < -0.3 is 15.1 Å². The van der Waals surface area contributed by atoms with Crippen LogP contribution in [-0.2, 0) is 4.79 Å². The highest BCUT2D eigenvalue weighted by Crippen LogP contribution is 2.26. The largest absolute Gasteiger partial charge is 0.338 e. The molecule has 3 heterocycles. The first-order chi connectivity index (χ1) is 11.1. The lowest BCUT2D eigenvalue weighted by molar-refractivity contribution is -0.139. The molecule has 126 valence electrons. The van der Waals surface area contributed by atoms with Crippen LogP contribution in [0.25, 0.3) is 0 Å². The summed E-state index contributed by atoms with van der Waals surface area (Å²) >= 11 is 7.21. The van der Waals surface area contributed by atoms with Crippen LogP contribution in [0, 0.1) is 5.92 Å². The third-order valence-corrected chi connectivity index (χ3v) is 5.92. The highest BCUT2D eigenvalue weighted by molar-refractivity contribution is 7.17. The number of likely N-dealkylation sites (tertiary alicyclic amines) is 1. The van der Waals surface area contributed by atoms with Crippen LogP contribution in [0.4, 0.5) is 0 Å². The van der Waals surface area contributed by atoms with Gasteiger partial charge in [0.2, 0.25) is 5.91 Å². The van der Waals surface area contributed by atoms with E-state index in [1.54, 1.807) is 12.1 Å². The monoisotopic (exact) mass is 355 g/mol. The van der Waals surface area contributed by atoms with Gasteiger partial charge in [-0.15, -0.1) is 11.3 Å². The number of carbonyl (C=O) groups is 2. The molecule has 5 nitrogen and oxygen atoms in total. The molecule has 0 spiro atoms. The van der Waals surface area contributed by atoms with Gasteiger partial charge in [-0.1, -0.05) is 11.6 Å². The molecule has 1 aromatic heterocycles. The second-order valence-electron chi connectivity index (χ2n) is 6.26. The molecule has 2 amide bonds. The molecule has 0 saturated carbocycles. The number of hydrogen-bond donors (Lipinski definition) is 1. The van der Waals surface area contributed by atoms with Gasteiger partial charge in [0.05, 0.1) is 9.21 Å². The van der Waals surface area contributed by atoms with Gasteiger partial charge in [-0.05, 0) is 31.9 Å². The molecule has 0 unspecified atom stereocenters. The summed E-state index contributed by atoms with van der Waals surface area (Å²) in [4.78, 5) is 29.6. The molecule has 0 aliphatic carbocycles. The van der Waals surface area contributed by atoms with Crippen LogP contribution in [0.3, 0.4) is 0 Å². The molecule has 2 fully saturated rings. The molecular weight excluding hydrogens is 334 g/mol. The van der Waals surface area contributed by atoms with Gasteiger partial charge in [0.25, 0.3) is 5.91 Å². The number of halogens is 1. The van der Waals surface area contributed by atoms with Crippen LogP contribution in [0.5, 0.6) is 0 Å². The second-order valence-corrected chi connectivity index (χ2v) is 7.97. The number of piperidine rings is 1. The minimum absolute atomic E-state index is 0.0309. The van der Waals surface area contributed by atoms with E-state index in [0.29, 0.717) is 22.3 Å². The molecular formula is C16H22ClN3O2S. The fourth-order valence-corrected chi connectivity index (χ4v) is 4.33. The summed E-state index contributed by atoms with van der Waals surface area (Å²) in [6, 6.07) is 3.78. The highest BCUT2D eigenvalue weighted by Gasteiger charge is 2.33. The number of thiophene rings is 1. The van der Waals surface area contributed by atoms with Crippen molar-refractivity contribution < 1.29 is 9.59 Å². The van der Waals surface area contributed by atoms with Crippen LogP contribution in [0.1, 0.15) is 29.4 Å². The lowest BCUT2D eigenvalue weighted by atomic mass is 9.94. The average molecular weight is 356 g/mol. The lowest BCUT2D eigenvalue weighted by Crippen LogP contribution is -2.55. The summed E-state index contributed by atoms with van der Waals surface area (Å²) in [5.41, 5.74) is 0. The van der Waals surface area contributed by atoms with Crippen molar-refractivity contribution in [1.29, 1.82) is 0 Å². The normalized spacial score (nSPS) is 23.1. The molecule has 7 heteroatoms. The second kappa shape index (κ2) is 7.20. The predicted molar refractivity (Wildman–Crippen MR) is 92.0 cm³/mol. The zero-order chi connectivity index (χ0) is 16.4. The van der Waals surface area contributed by atoms with Crippen LogP contribution in [-0.4, -0.2) is 60.4 Å². The lowest BCUT2D eigenvalue weighted by Gasteiger charge is -2.39. The average Bonchev–Trinajstić information content (AvgIpc) is 3.01. The number of nitrogens with zero attached hydrogens (tertiary/aromatic N) is 2. The molecule has 0 radical (unpaired) electrons. The Hall–Kier alpha value is -1.11. The van der Waals surface area contributed by atoms with Crippen molar-refractivity contribution in [2.75, 3.05) is 32.7 Å². The highest BCUT2D eigenvalue weighted by atomic mass is 35.5. The minimum atomic E-state index is 0.0309. The summed E-state index contributed by atoms with van der Waals surface area (Å²) < 4.78 is 0.631. The van der Waals surface area contributed by atoms with Gasteiger partial charge in [-0.2, -0.15) is 0 Å². The maximum Gasteiger partial charge on any atom is 0.263 e. The van der Waals surface area contributed by atoms with Gasteiger partial charge in [-0.3, -0.25) is 9.59 Å². The zero-order valence-corrected chi connectivity index (χ0v) is 14.8. The molecule has 1 N–H and O–H groups in total. The van der Waals surface area contributed by atoms with Crippen molar-refractivity contribution >= 4 is 34.8 Å². The molecule has 23 heavy (non-hydrogen) atoms. The van der Waals surface area contributed by atoms with E-state index in [0.717, 1.165) is 32.5 Å². The van der Waals surface area contributed by atoms with E-state index >= 15 is 0 Å². The van der Waals surface area contributed by atoms with Crippen molar-refractivity contribution in [3.63, 3.8) is 0 Å². The first-order valence-corrected chi connectivity index (χ1v) is 9.31. The van der Waals surface area contributed by atoms with E-state index in [1.807, 2.05) is 9.80 Å². The van der Waals surface area contributed by atoms with Crippen molar-refractivity contribution in [1.82, 2.24) is 15.1 Å². The van der Waals surface area contributed by atoms with E-state index in [1.165, 1.54) is 11.3 Å². The maximum atomic E-state index is 12.7. The zero-order valence-electron chi connectivity index (χ0n) is 13.3. The molecule has 3 rings (SSSR count). The minimum Gasteiger partial charge on any atom is -0.338 e. The Morgan fingerprint density at radius 1 is 1.26 bits per heavy atom. The summed E-state index contributed by atoms with van der Waals surface area (Å²) in [7, 11) is 0. The van der Waals surface area contributed by atoms with E-state index in [9.17, 15) is 9.59 Å². The van der Waals surface area contributed by atoms with E-state index in [2.05, 4.69) is 12.2 Å². The molecule has 1 atom stereocenters. The van der Waals surface area contributed by atoms with Gasteiger partial charge in [-0.25, -0.2) is 0 Å². The van der Waals surface area contributed by atoms with Gasteiger partial charge >= 0.3 is 0 Å². The van der Waals surface area contributed by atoms with E-state index < -0.39 is 0 Å². The summed E-state index contributed by atoms with van der Waals surface area (Å²) in [5.74, 6) is 0.333. The number of nitrogens with one attached hydrogen (secondary N) is 1. The quantitative estimate of drug-likeness (QED) is 0.883. The van der Waals surface area contributed by atoms with Crippen LogP contribution in [0.15, 0.2) is 12.1 Å². The predicted octanol–water partition coefficient (Wildman–Crippen LogP) is 2.07. The van der Waals surface area contributed by atoms with Crippen LogP contribution >= 0.6 is 22.9 Å². The van der Waals surface area contributed by atoms with E-state index in [-0.39, 0.29) is 23.8 Å². The molecule has 2 aliphatic rings. The van der Waals surface area contributed by atoms with Crippen molar-refractivity contribution in [2.45, 2.75) is 25.8 Å². The summed E-state index contributed by atoms with van der Waals surface area (Å²) in [5, 5.41) is 3.31. The Morgan fingerprint density at radius 2 is 2.00 bits per heavy atom. The maximum absolute atomic E-state index is 12.7. The standard InChI is InChI=1S/C16H22ClN3O2S/c1-11-10-18-6-9-20(11)15(21)12-4-7-19(8-5-12)16(22)13-2-3-14(17)23-13/h2-3,11-12,18H,4-10H2,1H3/t11-/m1/s1. The summed E-state index contributed by atoms with van der Waals surface area (Å²) in [6.45, 7) is 5.89. The Labute approximate surface area is 145 Å². The Balaban J connectivity index is 1.55. The molecule has 0 aromatic carbocycles. The van der Waals surface area contributed by atoms with Gasteiger partial charge in [0.1, 0.15) is 0 Å². The van der Waals surface area contributed by atoms with Gasteiger partial charge in [0, 0.05) is 44.7 Å².